The number of hydrogen-bond acceptors (Lipinski definition) is 13. The maximum Gasteiger partial charge on any atom is 0.274 e. The SMILES string of the molecule is C=C1NC(=O)[C@@H](C(C)C)NC(=O)[C@@H]([C@@H](C)CC)NC(=O)c2nc(oc2-c2ccccc2)-c2nc(oc2C)-c2csc(n2)-c2coc(n2)-c2nc1oc2C. The first-order chi connectivity index (χ1) is 25.4. The summed E-state index contributed by atoms with van der Waals surface area (Å²) in [5, 5.41) is 10.7. The second kappa shape index (κ2) is 14.1. The van der Waals surface area contributed by atoms with Crippen molar-refractivity contribution in [1.82, 2.24) is 40.9 Å². The molecule has 6 aromatic rings. The van der Waals surface area contributed by atoms with Gasteiger partial charge in [0.25, 0.3) is 5.91 Å². The molecule has 0 unspecified atom stereocenters. The fraction of sp³-hybridized carbons (Fsp3) is 0.297. The molecule has 53 heavy (non-hydrogen) atoms. The quantitative estimate of drug-likeness (QED) is 0.179. The number of nitrogens with zero attached hydrogens (tertiary/aromatic N) is 5. The fourth-order valence-corrected chi connectivity index (χ4v) is 6.47. The maximum absolute atomic E-state index is 14.1. The van der Waals surface area contributed by atoms with Gasteiger partial charge >= 0.3 is 0 Å². The van der Waals surface area contributed by atoms with Crippen LogP contribution in [0.25, 0.3) is 62.5 Å². The van der Waals surface area contributed by atoms with E-state index in [1.807, 2.05) is 19.9 Å². The van der Waals surface area contributed by atoms with Gasteiger partial charge in [-0.05, 0) is 25.7 Å². The normalized spacial score (nSPS) is 17.3. The van der Waals surface area contributed by atoms with Crippen molar-refractivity contribution in [2.24, 2.45) is 11.8 Å². The minimum Gasteiger partial charge on any atom is -0.442 e. The van der Waals surface area contributed by atoms with Crippen molar-refractivity contribution in [3.63, 3.8) is 0 Å². The van der Waals surface area contributed by atoms with Gasteiger partial charge in [0.15, 0.2) is 22.8 Å². The number of aryl methyl sites for hydroxylation is 2. The summed E-state index contributed by atoms with van der Waals surface area (Å²) >= 11 is 1.30. The molecular weight excluding hydrogens is 701 g/mol. The lowest BCUT2D eigenvalue weighted by Gasteiger charge is -2.27. The highest BCUT2D eigenvalue weighted by molar-refractivity contribution is 7.13. The predicted molar refractivity (Wildman–Crippen MR) is 194 cm³/mol. The zero-order valence-electron chi connectivity index (χ0n) is 29.8. The minimum absolute atomic E-state index is 0.0337. The summed E-state index contributed by atoms with van der Waals surface area (Å²) in [6.07, 6.45) is 1.99. The van der Waals surface area contributed by atoms with E-state index in [0.29, 0.717) is 45.6 Å². The van der Waals surface area contributed by atoms with E-state index in [2.05, 4.69) is 47.4 Å². The maximum atomic E-state index is 14.1. The van der Waals surface area contributed by atoms with Gasteiger partial charge in [-0.2, -0.15) is 0 Å². The molecule has 3 amide bonds. The molecule has 0 saturated carbocycles. The van der Waals surface area contributed by atoms with Gasteiger partial charge in [0.2, 0.25) is 35.4 Å². The van der Waals surface area contributed by atoms with E-state index in [1.54, 1.807) is 57.3 Å². The van der Waals surface area contributed by atoms with Crippen LogP contribution in [-0.4, -0.2) is 54.7 Å². The lowest BCUT2D eigenvalue weighted by Crippen LogP contribution is -2.57. The van der Waals surface area contributed by atoms with Gasteiger partial charge in [0.05, 0.1) is 5.70 Å². The lowest BCUT2D eigenvalue weighted by molar-refractivity contribution is -0.131. The van der Waals surface area contributed by atoms with Gasteiger partial charge in [-0.1, -0.05) is 71.0 Å². The summed E-state index contributed by atoms with van der Waals surface area (Å²) < 4.78 is 23.9. The Labute approximate surface area is 307 Å². The number of fused-ring (bicyclic) bond motifs is 14. The van der Waals surface area contributed by atoms with Crippen molar-refractivity contribution < 1.29 is 32.1 Å². The van der Waals surface area contributed by atoms with E-state index >= 15 is 0 Å². The Morgan fingerprint density at radius 2 is 1.45 bits per heavy atom. The Morgan fingerprint density at radius 3 is 2.17 bits per heavy atom. The van der Waals surface area contributed by atoms with Crippen LogP contribution in [0.1, 0.15) is 62.0 Å². The van der Waals surface area contributed by atoms with E-state index in [9.17, 15) is 14.4 Å². The number of nitrogens with one attached hydrogen (secondary N) is 3. The number of thiazole rings is 1. The number of amides is 3. The molecule has 0 spiro atoms. The number of benzene rings is 1. The van der Waals surface area contributed by atoms with Gasteiger partial charge in [-0.15, -0.1) is 11.3 Å². The number of carbonyl (C=O) groups is 3. The van der Waals surface area contributed by atoms with Crippen molar-refractivity contribution in [3.8, 4) is 56.8 Å². The first-order valence-electron chi connectivity index (χ1n) is 17.0. The summed E-state index contributed by atoms with van der Waals surface area (Å²) in [7, 11) is 0. The highest BCUT2D eigenvalue weighted by Crippen LogP contribution is 2.36. The molecule has 6 heterocycles. The molecule has 1 aliphatic rings. The molecule has 16 heteroatoms. The summed E-state index contributed by atoms with van der Waals surface area (Å²) in [5.41, 5.74) is 2.04. The molecule has 7 rings (SSSR count). The van der Waals surface area contributed by atoms with E-state index in [1.165, 1.54) is 17.6 Å². The van der Waals surface area contributed by atoms with Crippen molar-refractivity contribution in [2.45, 2.75) is 60.0 Å². The molecule has 1 aliphatic heterocycles. The van der Waals surface area contributed by atoms with Crippen LogP contribution in [0.4, 0.5) is 0 Å². The molecule has 0 radical (unpaired) electrons. The fourth-order valence-electron chi connectivity index (χ4n) is 5.73. The minimum atomic E-state index is -1.04. The average Bonchev–Trinajstić information content (AvgIpc) is 3.98. The second-order valence-electron chi connectivity index (χ2n) is 13.0. The van der Waals surface area contributed by atoms with Crippen LogP contribution >= 0.6 is 11.3 Å². The molecule has 0 fully saturated rings. The highest BCUT2D eigenvalue weighted by Gasteiger charge is 2.34. The summed E-state index contributed by atoms with van der Waals surface area (Å²) in [6, 6.07) is 6.96. The standard InChI is InChI=1S/C37H36N8O7S/c1-8-17(4)25-31(47)41-24(16(2)3)30(46)38-18(5)33-43-26(19(6)50-33)35-39-22(14-49-35)37-40-23(15-53-37)34-44-27(20(7)51-34)36-45-28(32(48)42-25)29(52-36)21-12-10-9-11-13-21/h9-17,24-25H,5,8H2,1-4,6-7H3,(H,38,46)(H,41,47)(H,42,48)/t17-,24+,25+/m0/s1. The molecule has 3 atom stereocenters. The third-order valence-electron chi connectivity index (χ3n) is 8.88. The second-order valence-corrected chi connectivity index (χ2v) is 13.9. The molecule has 0 saturated heterocycles. The van der Waals surface area contributed by atoms with Crippen molar-refractivity contribution in [3.05, 3.63) is 71.7 Å². The Hall–Kier alpha value is -6.16. The molecule has 5 aromatic heterocycles. The van der Waals surface area contributed by atoms with Crippen molar-refractivity contribution in [2.75, 3.05) is 0 Å². The molecular formula is C37H36N8O7S. The average molecular weight is 737 g/mol. The Bertz CT molecular complexity index is 2350. The number of hydrogen-bond donors (Lipinski definition) is 3. The molecule has 1 aromatic carbocycles. The molecule has 10 bridgehead atoms. The number of aromatic nitrogens is 5. The smallest absolute Gasteiger partial charge is 0.274 e. The summed E-state index contributed by atoms with van der Waals surface area (Å²) in [4.78, 5) is 64.7. The summed E-state index contributed by atoms with van der Waals surface area (Å²) in [6.45, 7) is 14.7. The van der Waals surface area contributed by atoms with Crippen LogP contribution in [-0.2, 0) is 9.59 Å². The van der Waals surface area contributed by atoms with Crippen LogP contribution in [0.5, 0.6) is 0 Å². The predicted octanol–water partition coefficient (Wildman–Crippen LogP) is 6.43. The Kier molecular flexibility index (Phi) is 9.38. The van der Waals surface area contributed by atoms with Gasteiger partial charge in [0.1, 0.15) is 46.3 Å². The first kappa shape index (κ1) is 35.3. The monoisotopic (exact) mass is 736 g/mol. The van der Waals surface area contributed by atoms with Crippen LogP contribution in [0.2, 0.25) is 0 Å². The van der Waals surface area contributed by atoms with Crippen LogP contribution < -0.4 is 16.0 Å². The first-order valence-corrected chi connectivity index (χ1v) is 17.8. The van der Waals surface area contributed by atoms with Gasteiger partial charge in [0, 0.05) is 10.9 Å². The lowest BCUT2D eigenvalue weighted by atomic mass is 9.96. The summed E-state index contributed by atoms with van der Waals surface area (Å²) in [5.74, 6) is -1.06. The molecule has 0 aliphatic carbocycles. The largest absolute Gasteiger partial charge is 0.442 e. The molecule has 272 valence electrons. The third-order valence-corrected chi connectivity index (χ3v) is 9.75. The number of oxazole rings is 4. The number of rotatable bonds is 4. The molecule has 3 N–H and O–H groups in total. The van der Waals surface area contributed by atoms with Crippen LogP contribution in [0.3, 0.4) is 0 Å². The van der Waals surface area contributed by atoms with Crippen molar-refractivity contribution >= 4 is 34.8 Å². The zero-order chi connectivity index (χ0) is 37.6. The van der Waals surface area contributed by atoms with Gasteiger partial charge in [-0.3, -0.25) is 14.4 Å². The zero-order valence-corrected chi connectivity index (χ0v) is 30.6. The molecule has 15 nitrogen and oxygen atoms in total. The number of carbonyl (C=O) groups excluding carboxylic acids is 3. The van der Waals surface area contributed by atoms with Crippen molar-refractivity contribution in [1.29, 1.82) is 0 Å². The Morgan fingerprint density at radius 1 is 0.774 bits per heavy atom. The van der Waals surface area contributed by atoms with Crippen LogP contribution in [0.15, 0.2) is 66.2 Å². The van der Waals surface area contributed by atoms with E-state index in [4.69, 9.17) is 17.7 Å². The Balaban J connectivity index is 1.34. The van der Waals surface area contributed by atoms with Gasteiger partial charge in [-0.25, -0.2) is 24.9 Å². The topological polar surface area (TPSA) is 204 Å². The van der Waals surface area contributed by atoms with Gasteiger partial charge < -0.3 is 33.6 Å². The van der Waals surface area contributed by atoms with E-state index in [0.717, 1.165) is 0 Å². The third kappa shape index (κ3) is 6.80. The van der Waals surface area contributed by atoms with Crippen LogP contribution in [0, 0.1) is 25.7 Å². The van der Waals surface area contributed by atoms with E-state index < -0.39 is 29.8 Å². The van der Waals surface area contributed by atoms with E-state index in [-0.39, 0.29) is 58.2 Å². The highest BCUT2D eigenvalue weighted by atomic mass is 32.1.